The number of rotatable bonds is 3. The van der Waals surface area contributed by atoms with Crippen LogP contribution in [-0.4, -0.2) is 17.2 Å². The summed E-state index contributed by atoms with van der Waals surface area (Å²) in [5, 5.41) is 12.8. The number of phenolic OH excluding ortho intramolecular Hbond substituents is 1. The summed E-state index contributed by atoms with van der Waals surface area (Å²) in [7, 11) is 0. The van der Waals surface area contributed by atoms with Crippen molar-refractivity contribution in [1.29, 1.82) is 0 Å². The standard InChI is InChI=1S/C14H10BrFN2O2/c15-11-3-6-13(16)10(7-11)8-17-18-14(20)9-1-4-12(19)5-2-9/h1-8,19H,(H,18,20)/b17-8-. The number of carbonyl (C=O) groups is 1. The zero-order valence-electron chi connectivity index (χ0n) is 10.2. The second-order valence-electron chi connectivity index (χ2n) is 3.91. The van der Waals surface area contributed by atoms with Gasteiger partial charge in [-0.3, -0.25) is 4.79 Å². The first-order valence-corrected chi connectivity index (χ1v) is 6.43. The summed E-state index contributed by atoms with van der Waals surface area (Å²) in [5.41, 5.74) is 2.88. The first-order valence-electron chi connectivity index (χ1n) is 5.64. The molecule has 0 spiro atoms. The van der Waals surface area contributed by atoms with Gasteiger partial charge in [0.15, 0.2) is 0 Å². The minimum Gasteiger partial charge on any atom is -0.508 e. The van der Waals surface area contributed by atoms with Gasteiger partial charge in [-0.2, -0.15) is 5.10 Å². The number of phenols is 1. The lowest BCUT2D eigenvalue weighted by Gasteiger charge is -2.00. The highest BCUT2D eigenvalue weighted by Crippen LogP contribution is 2.14. The van der Waals surface area contributed by atoms with Crippen LogP contribution in [0, 0.1) is 5.82 Å². The Kier molecular flexibility index (Phi) is 4.47. The maximum Gasteiger partial charge on any atom is 0.271 e. The van der Waals surface area contributed by atoms with Gasteiger partial charge in [-0.1, -0.05) is 15.9 Å². The second kappa shape index (κ2) is 6.29. The number of amides is 1. The molecule has 2 rings (SSSR count). The number of halogens is 2. The molecule has 0 aliphatic carbocycles. The van der Waals surface area contributed by atoms with E-state index in [0.717, 1.165) is 0 Å². The Balaban J connectivity index is 2.04. The van der Waals surface area contributed by atoms with Crippen LogP contribution in [0.2, 0.25) is 0 Å². The van der Waals surface area contributed by atoms with E-state index >= 15 is 0 Å². The molecule has 0 unspecified atom stereocenters. The van der Waals surface area contributed by atoms with Crippen LogP contribution >= 0.6 is 15.9 Å². The van der Waals surface area contributed by atoms with Crippen LogP contribution in [0.3, 0.4) is 0 Å². The lowest BCUT2D eigenvalue weighted by Crippen LogP contribution is -2.17. The van der Waals surface area contributed by atoms with E-state index in [2.05, 4.69) is 26.5 Å². The molecule has 2 aromatic carbocycles. The normalized spacial score (nSPS) is 10.7. The zero-order valence-corrected chi connectivity index (χ0v) is 11.8. The number of carbonyl (C=O) groups excluding carboxylic acids is 1. The van der Waals surface area contributed by atoms with Crippen molar-refractivity contribution in [3.05, 3.63) is 63.9 Å². The van der Waals surface area contributed by atoms with Gasteiger partial charge in [0.1, 0.15) is 11.6 Å². The molecule has 0 saturated carbocycles. The van der Waals surface area contributed by atoms with Crippen LogP contribution in [0.25, 0.3) is 0 Å². The summed E-state index contributed by atoms with van der Waals surface area (Å²) in [6, 6.07) is 10.1. The molecule has 2 N–H and O–H groups in total. The first-order chi connectivity index (χ1) is 9.56. The van der Waals surface area contributed by atoms with Crippen LogP contribution in [-0.2, 0) is 0 Å². The number of hydrogen-bond donors (Lipinski definition) is 2. The molecule has 0 aliphatic heterocycles. The van der Waals surface area contributed by atoms with Gasteiger partial charge in [0, 0.05) is 15.6 Å². The third-order valence-corrected chi connectivity index (χ3v) is 2.95. The van der Waals surface area contributed by atoms with Gasteiger partial charge >= 0.3 is 0 Å². The van der Waals surface area contributed by atoms with Crippen molar-refractivity contribution in [2.75, 3.05) is 0 Å². The van der Waals surface area contributed by atoms with E-state index in [1.54, 1.807) is 12.1 Å². The Morgan fingerprint density at radius 2 is 1.95 bits per heavy atom. The Bertz CT molecular complexity index is 657. The molecule has 102 valence electrons. The molecule has 0 aliphatic rings. The molecule has 4 nitrogen and oxygen atoms in total. The average Bonchev–Trinajstić information content (AvgIpc) is 2.43. The zero-order chi connectivity index (χ0) is 14.5. The van der Waals surface area contributed by atoms with Crippen molar-refractivity contribution in [2.24, 2.45) is 5.10 Å². The lowest BCUT2D eigenvalue weighted by molar-refractivity contribution is 0.0955. The predicted octanol–water partition coefficient (Wildman–Crippen LogP) is 3.06. The maximum absolute atomic E-state index is 13.4. The number of hydrogen-bond acceptors (Lipinski definition) is 3. The lowest BCUT2D eigenvalue weighted by atomic mass is 10.2. The third-order valence-electron chi connectivity index (χ3n) is 2.46. The van der Waals surface area contributed by atoms with Crippen molar-refractivity contribution in [3.8, 4) is 5.75 Å². The topological polar surface area (TPSA) is 61.7 Å². The molecular weight excluding hydrogens is 327 g/mol. The van der Waals surface area contributed by atoms with E-state index < -0.39 is 11.7 Å². The number of benzene rings is 2. The molecular formula is C14H10BrFN2O2. The van der Waals surface area contributed by atoms with Crippen LogP contribution in [0.1, 0.15) is 15.9 Å². The minimum absolute atomic E-state index is 0.0706. The fraction of sp³-hybridized carbons (Fsp3) is 0. The van der Waals surface area contributed by atoms with Gasteiger partial charge in [0.05, 0.1) is 6.21 Å². The Morgan fingerprint density at radius 3 is 2.65 bits per heavy atom. The molecule has 0 saturated heterocycles. The summed E-state index contributed by atoms with van der Waals surface area (Å²) in [5.74, 6) is -0.811. The summed E-state index contributed by atoms with van der Waals surface area (Å²) >= 11 is 3.22. The van der Waals surface area contributed by atoms with Gasteiger partial charge in [0.25, 0.3) is 5.91 Å². The van der Waals surface area contributed by atoms with E-state index in [0.29, 0.717) is 10.0 Å². The molecule has 1 amide bonds. The van der Waals surface area contributed by atoms with E-state index in [-0.39, 0.29) is 11.3 Å². The maximum atomic E-state index is 13.4. The number of aromatic hydroxyl groups is 1. The fourth-order valence-electron chi connectivity index (χ4n) is 1.45. The highest BCUT2D eigenvalue weighted by atomic mass is 79.9. The SMILES string of the molecule is O=C(N/N=C\c1cc(Br)ccc1F)c1ccc(O)cc1. The predicted molar refractivity (Wildman–Crippen MR) is 77.3 cm³/mol. The summed E-state index contributed by atoms with van der Waals surface area (Å²) in [4.78, 5) is 11.7. The first kappa shape index (κ1) is 14.2. The van der Waals surface area contributed by atoms with Gasteiger partial charge in [-0.05, 0) is 42.5 Å². The monoisotopic (exact) mass is 336 g/mol. The highest BCUT2D eigenvalue weighted by Gasteiger charge is 2.04. The molecule has 0 aromatic heterocycles. The largest absolute Gasteiger partial charge is 0.508 e. The Hall–Kier alpha value is -2.21. The quantitative estimate of drug-likeness (QED) is 0.668. The van der Waals surface area contributed by atoms with Crippen molar-refractivity contribution < 1.29 is 14.3 Å². The molecule has 0 fully saturated rings. The Morgan fingerprint density at radius 1 is 1.25 bits per heavy atom. The van der Waals surface area contributed by atoms with Crippen molar-refractivity contribution in [2.45, 2.75) is 0 Å². The average molecular weight is 337 g/mol. The molecule has 0 heterocycles. The number of nitrogens with zero attached hydrogens (tertiary/aromatic N) is 1. The van der Waals surface area contributed by atoms with E-state index in [1.807, 2.05) is 0 Å². The fourth-order valence-corrected chi connectivity index (χ4v) is 1.83. The highest BCUT2D eigenvalue weighted by molar-refractivity contribution is 9.10. The third kappa shape index (κ3) is 3.64. The molecule has 0 atom stereocenters. The van der Waals surface area contributed by atoms with Crippen LogP contribution in [0.5, 0.6) is 5.75 Å². The molecule has 0 radical (unpaired) electrons. The molecule has 20 heavy (non-hydrogen) atoms. The minimum atomic E-state index is -0.448. The summed E-state index contributed by atoms with van der Waals surface area (Å²) in [6.45, 7) is 0. The van der Waals surface area contributed by atoms with E-state index in [9.17, 15) is 9.18 Å². The molecule has 2 aromatic rings. The van der Waals surface area contributed by atoms with Gasteiger partial charge < -0.3 is 5.11 Å². The second-order valence-corrected chi connectivity index (χ2v) is 4.83. The van der Waals surface area contributed by atoms with Gasteiger partial charge in [0.2, 0.25) is 0 Å². The molecule has 6 heteroatoms. The smallest absolute Gasteiger partial charge is 0.271 e. The van der Waals surface area contributed by atoms with Crippen molar-refractivity contribution >= 4 is 28.1 Å². The van der Waals surface area contributed by atoms with Crippen molar-refractivity contribution in [1.82, 2.24) is 5.43 Å². The van der Waals surface area contributed by atoms with Crippen molar-refractivity contribution in [3.63, 3.8) is 0 Å². The van der Waals surface area contributed by atoms with E-state index in [4.69, 9.17) is 5.11 Å². The van der Waals surface area contributed by atoms with Crippen LogP contribution < -0.4 is 5.43 Å². The number of hydrazone groups is 1. The van der Waals surface area contributed by atoms with Gasteiger partial charge in [-0.25, -0.2) is 9.82 Å². The van der Waals surface area contributed by atoms with Crippen LogP contribution in [0.4, 0.5) is 4.39 Å². The van der Waals surface area contributed by atoms with Gasteiger partial charge in [-0.15, -0.1) is 0 Å². The summed E-state index contributed by atoms with van der Waals surface area (Å²) in [6.07, 6.45) is 1.22. The van der Waals surface area contributed by atoms with E-state index in [1.165, 1.54) is 36.5 Å². The summed E-state index contributed by atoms with van der Waals surface area (Å²) < 4.78 is 14.1. The Labute approximate surface area is 123 Å². The van der Waals surface area contributed by atoms with Crippen LogP contribution in [0.15, 0.2) is 52.0 Å². The number of nitrogens with one attached hydrogen (secondary N) is 1. The molecule has 0 bridgehead atoms.